The second-order valence-electron chi connectivity index (χ2n) is 5.21. The molecule has 0 radical (unpaired) electrons. The van der Waals surface area contributed by atoms with Crippen LogP contribution in [-0.4, -0.2) is 51.9 Å². The summed E-state index contributed by atoms with van der Waals surface area (Å²) in [6, 6.07) is 0.595. The van der Waals surface area contributed by atoms with Crippen LogP contribution in [0, 0.1) is 5.92 Å². The van der Waals surface area contributed by atoms with Crippen molar-refractivity contribution in [3.05, 3.63) is 11.9 Å². The van der Waals surface area contributed by atoms with Crippen molar-refractivity contribution < 1.29 is 4.79 Å². The Morgan fingerprint density at radius 1 is 1.39 bits per heavy atom. The highest BCUT2D eigenvalue weighted by Crippen LogP contribution is 2.25. The Balaban J connectivity index is 1.64. The summed E-state index contributed by atoms with van der Waals surface area (Å²) < 4.78 is 0. The molecule has 0 aromatic carbocycles. The maximum Gasteiger partial charge on any atom is 0.276 e. The number of carbonyl (C=O) groups is 1. The van der Waals surface area contributed by atoms with Gasteiger partial charge in [0.15, 0.2) is 5.69 Å². The van der Waals surface area contributed by atoms with Crippen LogP contribution in [0.1, 0.15) is 36.2 Å². The molecule has 98 valence electrons. The molecule has 18 heavy (non-hydrogen) atoms. The average molecular weight is 249 g/mol. The Labute approximate surface area is 106 Å². The Kier molecular flexibility index (Phi) is 3.27. The van der Waals surface area contributed by atoms with Crippen molar-refractivity contribution >= 4 is 5.91 Å². The maximum atomic E-state index is 12.2. The number of carbonyl (C=O) groups excluding carboxylic acids is 1. The number of aromatic amines is 1. The maximum absolute atomic E-state index is 12.2. The monoisotopic (exact) mass is 249 g/mol. The first kappa shape index (κ1) is 11.6. The topological polar surface area (TPSA) is 73.9 Å². The summed E-state index contributed by atoms with van der Waals surface area (Å²) in [5.74, 6) is 0.601. The summed E-state index contributed by atoms with van der Waals surface area (Å²) in [4.78, 5) is 14.1. The molecule has 0 saturated carbocycles. The van der Waals surface area contributed by atoms with Gasteiger partial charge in [0, 0.05) is 19.1 Å². The van der Waals surface area contributed by atoms with Crippen molar-refractivity contribution in [1.29, 1.82) is 0 Å². The van der Waals surface area contributed by atoms with Gasteiger partial charge in [0.2, 0.25) is 0 Å². The number of rotatable bonds is 2. The fraction of sp³-hybridized carbons (Fsp3) is 0.750. The lowest BCUT2D eigenvalue weighted by atomic mass is 9.89. The molecule has 6 heteroatoms. The van der Waals surface area contributed by atoms with Crippen LogP contribution in [0.25, 0.3) is 0 Å². The molecule has 2 saturated heterocycles. The zero-order valence-electron chi connectivity index (χ0n) is 10.4. The molecular weight excluding hydrogens is 230 g/mol. The van der Waals surface area contributed by atoms with Crippen LogP contribution in [0.2, 0.25) is 0 Å². The minimum absolute atomic E-state index is 0.00597. The fourth-order valence-corrected chi connectivity index (χ4v) is 3.10. The SMILES string of the molecule is O=C(c1cn[nH]n1)N1CCCC(C2CCCN2)C1. The van der Waals surface area contributed by atoms with Gasteiger partial charge >= 0.3 is 0 Å². The van der Waals surface area contributed by atoms with E-state index in [2.05, 4.69) is 20.7 Å². The van der Waals surface area contributed by atoms with E-state index >= 15 is 0 Å². The second kappa shape index (κ2) is 5.06. The van der Waals surface area contributed by atoms with E-state index in [1.54, 1.807) is 0 Å². The van der Waals surface area contributed by atoms with Crippen molar-refractivity contribution in [2.45, 2.75) is 31.7 Å². The van der Waals surface area contributed by atoms with Gasteiger partial charge in [-0.15, -0.1) is 0 Å². The van der Waals surface area contributed by atoms with Gasteiger partial charge in [0.25, 0.3) is 5.91 Å². The number of hydrogen-bond donors (Lipinski definition) is 2. The van der Waals surface area contributed by atoms with Crippen molar-refractivity contribution in [3.8, 4) is 0 Å². The second-order valence-corrected chi connectivity index (χ2v) is 5.21. The molecule has 0 bridgehead atoms. The molecule has 2 N–H and O–H groups in total. The Hall–Kier alpha value is -1.43. The molecule has 1 amide bonds. The molecule has 1 aromatic heterocycles. The van der Waals surface area contributed by atoms with Crippen LogP contribution in [-0.2, 0) is 0 Å². The molecule has 2 aliphatic rings. The summed E-state index contributed by atoms with van der Waals surface area (Å²) in [6.45, 7) is 2.82. The van der Waals surface area contributed by atoms with Crippen LogP contribution < -0.4 is 5.32 Å². The summed E-state index contributed by atoms with van der Waals surface area (Å²) in [5.41, 5.74) is 0.426. The zero-order chi connectivity index (χ0) is 12.4. The van der Waals surface area contributed by atoms with Crippen molar-refractivity contribution in [1.82, 2.24) is 25.6 Å². The number of hydrogen-bond acceptors (Lipinski definition) is 4. The molecule has 2 atom stereocenters. The lowest BCUT2D eigenvalue weighted by Crippen LogP contribution is -2.46. The number of aromatic nitrogens is 3. The third kappa shape index (κ3) is 2.25. The van der Waals surface area contributed by atoms with Gasteiger partial charge in [-0.1, -0.05) is 0 Å². The lowest BCUT2D eigenvalue weighted by molar-refractivity contribution is 0.0645. The van der Waals surface area contributed by atoms with Crippen molar-refractivity contribution in [3.63, 3.8) is 0 Å². The molecule has 0 aliphatic carbocycles. The normalized spacial score (nSPS) is 28.6. The zero-order valence-corrected chi connectivity index (χ0v) is 10.4. The first-order valence-corrected chi connectivity index (χ1v) is 6.73. The van der Waals surface area contributed by atoms with Crippen LogP contribution in [0.3, 0.4) is 0 Å². The molecular formula is C12H19N5O. The van der Waals surface area contributed by atoms with Crippen LogP contribution in [0.4, 0.5) is 0 Å². The number of nitrogens with zero attached hydrogens (tertiary/aromatic N) is 3. The van der Waals surface area contributed by atoms with Crippen LogP contribution in [0.5, 0.6) is 0 Å². The standard InChI is InChI=1S/C12H19N5O/c18-12(11-7-14-16-15-11)17-6-2-3-9(8-17)10-4-1-5-13-10/h7,9-10,13H,1-6,8H2,(H,14,15,16). The quantitative estimate of drug-likeness (QED) is 0.796. The number of H-pyrrole nitrogens is 1. The van der Waals surface area contributed by atoms with E-state index in [-0.39, 0.29) is 5.91 Å². The number of nitrogens with one attached hydrogen (secondary N) is 2. The van der Waals surface area contributed by atoms with Gasteiger partial charge in [-0.25, -0.2) is 0 Å². The molecule has 3 heterocycles. The average Bonchev–Trinajstić information content (AvgIpc) is 3.11. The van der Waals surface area contributed by atoms with Gasteiger partial charge in [-0.05, 0) is 38.1 Å². The van der Waals surface area contributed by atoms with E-state index in [0.29, 0.717) is 17.7 Å². The highest BCUT2D eigenvalue weighted by Gasteiger charge is 2.31. The number of piperidine rings is 1. The fourth-order valence-electron chi connectivity index (χ4n) is 3.10. The van der Waals surface area contributed by atoms with Crippen molar-refractivity contribution in [2.75, 3.05) is 19.6 Å². The minimum atomic E-state index is 0.00597. The third-order valence-corrected chi connectivity index (χ3v) is 4.05. The molecule has 2 fully saturated rings. The van der Waals surface area contributed by atoms with E-state index in [1.165, 1.54) is 25.5 Å². The Morgan fingerprint density at radius 3 is 3.06 bits per heavy atom. The summed E-state index contributed by atoms with van der Waals surface area (Å²) in [7, 11) is 0. The first-order valence-electron chi connectivity index (χ1n) is 6.73. The van der Waals surface area contributed by atoms with Gasteiger partial charge in [0.05, 0.1) is 6.20 Å². The van der Waals surface area contributed by atoms with Gasteiger partial charge in [0.1, 0.15) is 0 Å². The summed E-state index contributed by atoms with van der Waals surface area (Å²) >= 11 is 0. The smallest absolute Gasteiger partial charge is 0.276 e. The van der Waals surface area contributed by atoms with Crippen LogP contribution in [0.15, 0.2) is 6.20 Å². The molecule has 2 unspecified atom stereocenters. The third-order valence-electron chi connectivity index (χ3n) is 4.05. The molecule has 3 rings (SSSR count). The Bertz CT molecular complexity index is 399. The first-order chi connectivity index (χ1) is 8.84. The highest BCUT2D eigenvalue weighted by atomic mass is 16.2. The lowest BCUT2D eigenvalue weighted by Gasteiger charge is -2.35. The van der Waals surface area contributed by atoms with Crippen LogP contribution >= 0.6 is 0 Å². The van der Waals surface area contributed by atoms with Crippen molar-refractivity contribution in [2.24, 2.45) is 5.92 Å². The predicted molar refractivity (Wildman–Crippen MR) is 66.0 cm³/mol. The molecule has 0 spiro atoms. The number of likely N-dealkylation sites (tertiary alicyclic amines) is 1. The summed E-state index contributed by atoms with van der Waals surface area (Å²) in [5, 5.41) is 13.6. The predicted octanol–water partition coefficient (Wildman–Crippen LogP) is 0.409. The largest absolute Gasteiger partial charge is 0.337 e. The summed E-state index contributed by atoms with van der Waals surface area (Å²) in [6.07, 6.45) is 6.32. The van der Waals surface area contributed by atoms with E-state index in [1.807, 2.05) is 4.90 Å². The van der Waals surface area contributed by atoms with E-state index < -0.39 is 0 Å². The van der Waals surface area contributed by atoms with E-state index in [9.17, 15) is 4.79 Å². The van der Waals surface area contributed by atoms with E-state index in [0.717, 1.165) is 26.1 Å². The van der Waals surface area contributed by atoms with Gasteiger partial charge in [-0.3, -0.25) is 4.79 Å². The van der Waals surface area contributed by atoms with E-state index in [4.69, 9.17) is 0 Å². The minimum Gasteiger partial charge on any atom is -0.337 e. The van der Waals surface area contributed by atoms with Gasteiger partial charge < -0.3 is 10.2 Å². The number of amides is 1. The Morgan fingerprint density at radius 2 is 2.33 bits per heavy atom. The highest BCUT2D eigenvalue weighted by molar-refractivity contribution is 5.91. The van der Waals surface area contributed by atoms with Gasteiger partial charge in [-0.2, -0.15) is 15.4 Å². The molecule has 1 aromatic rings. The molecule has 6 nitrogen and oxygen atoms in total. The molecule has 2 aliphatic heterocycles.